The summed E-state index contributed by atoms with van der Waals surface area (Å²) in [7, 11) is 4.22. The Kier molecular flexibility index (Phi) is 8.36. The fourth-order valence-electron chi connectivity index (χ4n) is 4.06. The van der Waals surface area contributed by atoms with E-state index in [1.165, 1.54) is 5.56 Å². The van der Waals surface area contributed by atoms with Crippen molar-refractivity contribution in [3.8, 4) is 0 Å². The molecular weight excluding hydrogens is 473 g/mol. The van der Waals surface area contributed by atoms with E-state index in [1.807, 2.05) is 0 Å². The van der Waals surface area contributed by atoms with Crippen LogP contribution in [-0.4, -0.2) is 68.5 Å². The van der Waals surface area contributed by atoms with Crippen LogP contribution in [0.1, 0.15) is 37.8 Å². The molecule has 152 valence electrons. The van der Waals surface area contributed by atoms with E-state index in [2.05, 4.69) is 58.3 Å². The molecule has 3 rings (SSSR count). The molecule has 27 heavy (non-hydrogen) atoms. The number of hydrogen-bond acceptors (Lipinski definition) is 4. The standard InChI is InChI=1S/C19H31N5OS.HI/c1-4-20-18(21-11-16(23(2)3)15-6-9-26-12-15)24-8-5-7-19(14-24)10-17(25)22-13-19;/h6,9,12,16H,4-5,7-8,10-11,13-14H2,1-3H3,(H,20,21)(H,22,25);1H. The first kappa shape index (κ1) is 22.4. The van der Waals surface area contributed by atoms with Gasteiger partial charge in [-0.2, -0.15) is 11.3 Å². The molecule has 1 amide bonds. The largest absolute Gasteiger partial charge is 0.357 e. The fraction of sp³-hybridized carbons (Fsp3) is 0.684. The normalized spacial score (nSPS) is 24.1. The van der Waals surface area contributed by atoms with Gasteiger partial charge in [-0.1, -0.05) is 0 Å². The number of likely N-dealkylation sites (N-methyl/N-ethyl adjacent to an activating group) is 1. The average molecular weight is 505 g/mol. The Balaban J connectivity index is 0.00000261. The smallest absolute Gasteiger partial charge is 0.220 e. The number of aliphatic imine (C=N–C) groups is 1. The monoisotopic (exact) mass is 505 g/mol. The van der Waals surface area contributed by atoms with Gasteiger partial charge in [0.1, 0.15) is 0 Å². The molecule has 1 aromatic heterocycles. The van der Waals surface area contributed by atoms with Crippen LogP contribution >= 0.6 is 35.3 Å². The highest BCUT2D eigenvalue weighted by Crippen LogP contribution is 2.36. The predicted molar refractivity (Wildman–Crippen MR) is 123 cm³/mol. The molecule has 2 unspecified atom stereocenters. The van der Waals surface area contributed by atoms with Gasteiger partial charge in [-0.15, -0.1) is 24.0 Å². The van der Waals surface area contributed by atoms with E-state index in [1.54, 1.807) is 11.3 Å². The van der Waals surface area contributed by atoms with Gasteiger partial charge >= 0.3 is 0 Å². The van der Waals surface area contributed by atoms with Crippen molar-refractivity contribution in [1.82, 2.24) is 20.4 Å². The topological polar surface area (TPSA) is 60.0 Å². The van der Waals surface area contributed by atoms with Crippen molar-refractivity contribution in [3.05, 3.63) is 22.4 Å². The summed E-state index contributed by atoms with van der Waals surface area (Å²) in [6, 6.07) is 2.46. The Labute approximate surface area is 183 Å². The molecule has 2 aliphatic rings. The number of rotatable bonds is 5. The zero-order valence-corrected chi connectivity index (χ0v) is 19.7. The van der Waals surface area contributed by atoms with E-state index in [-0.39, 0.29) is 41.3 Å². The van der Waals surface area contributed by atoms with Crippen molar-refractivity contribution in [2.75, 3.05) is 46.8 Å². The number of carbonyl (C=O) groups excluding carboxylic acids is 1. The molecule has 0 aliphatic carbocycles. The molecule has 0 radical (unpaired) electrons. The average Bonchev–Trinajstić information content (AvgIpc) is 3.25. The molecule has 2 saturated heterocycles. The number of carbonyl (C=O) groups is 1. The molecule has 0 saturated carbocycles. The molecular formula is C19H32IN5OS. The fourth-order valence-corrected chi connectivity index (χ4v) is 4.77. The number of nitrogens with zero attached hydrogens (tertiary/aromatic N) is 3. The van der Waals surface area contributed by atoms with Crippen LogP contribution in [0.25, 0.3) is 0 Å². The van der Waals surface area contributed by atoms with Gasteiger partial charge in [0.25, 0.3) is 0 Å². The van der Waals surface area contributed by atoms with Gasteiger partial charge in [0.15, 0.2) is 5.96 Å². The summed E-state index contributed by atoms with van der Waals surface area (Å²) in [6.45, 7) is 6.40. The first-order chi connectivity index (χ1) is 12.5. The lowest BCUT2D eigenvalue weighted by Crippen LogP contribution is -2.51. The maximum absolute atomic E-state index is 11.8. The molecule has 8 heteroatoms. The summed E-state index contributed by atoms with van der Waals surface area (Å²) in [5, 5.41) is 10.8. The van der Waals surface area contributed by atoms with Gasteiger partial charge in [-0.05, 0) is 56.3 Å². The lowest BCUT2D eigenvalue weighted by molar-refractivity contribution is -0.119. The minimum Gasteiger partial charge on any atom is -0.357 e. The summed E-state index contributed by atoms with van der Waals surface area (Å²) in [5.41, 5.74) is 1.40. The second kappa shape index (κ2) is 10.1. The molecule has 0 aromatic carbocycles. The van der Waals surface area contributed by atoms with E-state index in [0.717, 1.165) is 51.5 Å². The summed E-state index contributed by atoms with van der Waals surface area (Å²) >= 11 is 1.73. The Morgan fingerprint density at radius 2 is 2.33 bits per heavy atom. The second-order valence-corrected chi connectivity index (χ2v) is 8.49. The maximum atomic E-state index is 11.8. The highest BCUT2D eigenvalue weighted by molar-refractivity contribution is 14.0. The molecule has 1 spiro atoms. The minimum atomic E-state index is 0. The minimum absolute atomic E-state index is 0. The molecule has 2 atom stereocenters. The summed E-state index contributed by atoms with van der Waals surface area (Å²) in [6.07, 6.45) is 2.88. The van der Waals surface area contributed by atoms with Gasteiger partial charge in [0.2, 0.25) is 5.91 Å². The van der Waals surface area contributed by atoms with Crippen LogP contribution < -0.4 is 10.6 Å². The summed E-state index contributed by atoms with van der Waals surface area (Å²) in [4.78, 5) is 21.3. The van der Waals surface area contributed by atoms with E-state index in [4.69, 9.17) is 4.99 Å². The van der Waals surface area contributed by atoms with E-state index in [0.29, 0.717) is 6.42 Å². The number of halogens is 1. The van der Waals surface area contributed by atoms with Gasteiger partial charge in [-0.25, -0.2) is 0 Å². The number of nitrogens with one attached hydrogen (secondary N) is 2. The van der Waals surface area contributed by atoms with Crippen molar-refractivity contribution in [1.29, 1.82) is 0 Å². The highest BCUT2D eigenvalue weighted by Gasteiger charge is 2.42. The number of piperidine rings is 1. The van der Waals surface area contributed by atoms with Crippen LogP contribution in [0.4, 0.5) is 0 Å². The van der Waals surface area contributed by atoms with Crippen LogP contribution in [-0.2, 0) is 4.79 Å². The van der Waals surface area contributed by atoms with Crippen molar-refractivity contribution >= 4 is 47.2 Å². The van der Waals surface area contributed by atoms with Crippen molar-refractivity contribution in [2.24, 2.45) is 10.4 Å². The van der Waals surface area contributed by atoms with Crippen molar-refractivity contribution in [3.63, 3.8) is 0 Å². The van der Waals surface area contributed by atoms with Crippen LogP contribution in [0.3, 0.4) is 0 Å². The van der Waals surface area contributed by atoms with Gasteiger partial charge in [0.05, 0.1) is 12.6 Å². The molecule has 2 N–H and O–H groups in total. The van der Waals surface area contributed by atoms with Gasteiger partial charge < -0.3 is 20.4 Å². The Morgan fingerprint density at radius 3 is 2.93 bits per heavy atom. The quantitative estimate of drug-likeness (QED) is 0.367. The molecule has 3 heterocycles. The zero-order valence-electron chi connectivity index (χ0n) is 16.5. The zero-order chi connectivity index (χ0) is 18.6. The third-order valence-electron chi connectivity index (χ3n) is 5.46. The third-order valence-corrected chi connectivity index (χ3v) is 6.16. The van der Waals surface area contributed by atoms with Gasteiger partial charge in [-0.3, -0.25) is 9.79 Å². The molecule has 2 fully saturated rings. The Hall–Kier alpha value is -0.870. The van der Waals surface area contributed by atoms with Crippen LogP contribution in [0.2, 0.25) is 0 Å². The van der Waals surface area contributed by atoms with E-state index < -0.39 is 0 Å². The van der Waals surface area contributed by atoms with E-state index >= 15 is 0 Å². The van der Waals surface area contributed by atoms with Crippen molar-refractivity contribution < 1.29 is 4.79 Å². The number of amides is 1. The lowest BCUT2D eigenvalue weighted by atomic mass is 9.79. The number of hydrogen-bond donors (Lipinski definition) is 2. The lowest BCUT2D eigenvalue weighted by Gasteiger charge is -2.41. The number of likely N-dealkylation sites (tertiary alicyclic amines) is 1. The number of thiophene rings is 1. The highest BCUT2D eigenvalue weighted by atomic mass is 127. The van der Waals surface area contributed by atoms with Crippen LogP contribution in [0.5, 0.6) is 0 Å². The summed E-state index contributed by atoms with van der Waals surface area (Å²) in [5.74, 6) is 1.17. The Bertz CT molecular complexity index is 636. The third kappa shape index (κ3) is 5.57. The first-order valence-electron chi connectivity index (χ1n) is 9.51. The van der Waals surface area contributed by atoms with Crippen LogP contribution in [0, 0.1) is 5.41 Å². The predicted octanol–water partition coefficient (Wildman–Crippen LogP) is 2.54. The maximum Gasteiger partial charge on any atom is 0.220 e. The molecule has 0 bridgehead atoms. The summed E-state index contributed by atoms with van der Waals surface area (Å²) < 4.78 is 0. The van der Waals surface area contributed by atoms with E-state index in [9.17, 15) is 4.79 Å². The van der Waals surface area contributed by atoms with Crippen LogP contribution in [0.15, 0.2) is 21.8 Å². The molecule has 1 aromatic rings. The second-order valence-electron chi connectivity index (χ2n) is 7.71. The molecule has 2 aliphatic heterocycles. The number of guanidine groups is 1. The van der Waals surface area contributed by atoms with Gasteiger partial charge in [0, 0.05) is 38.0 Å². The van der Waals surface area contributed by atoms with Crippen molar-refractivity contribution in [2.45, 2.75) is 32.2 Å². The molecule has 6 nitrogen and oxygen atoms in total. The Morgan fingerprint density at radius 1 is 1.52 bits per heavy atom. The SMILES string of the molecule is CCNC(=NCC(c1ccsc1)N(C)C)N1CCCC2(CNC(=O)C2)C1.I. The first-order valence-corrected chi connectivity index (χ1v) is 10.5.